The molecule has 0 bridgehead atoms. The predicted octanol–water partition coefficient (Wildman–Crippen LogP) is 5.51. The Morgan fingerprint density at radius 3 is 2.32 bits per heavy atom. The summed E-state index contributed by atoms with van der Waals surface area (Å²) in [4.78, 5) is 15.5. The fourth-order valence-electron chi connectivity index (χ4n) is 4.82. The van der Waals surface area contributed by atoms with Crippen molar-refractivity contribution in [2.45, 2.75) is 25.8 Å². The average molecular weight is 500 g/mol. The molecule has 1 aromatic heterocycles. The van der Waals surface area contributed by atoms with Crippen molar-refractivity contribution < 1.29 is 13.9 Å². The first-order chi connectivity index (χ1) is 18.0. The molecule has 1 aliphatic heterocycles. The molecular formula is C29H30FN5O2. The molecule has 2 N–H and O–H groups in total. The number of hydrogen-bond acceptors (Lipinski definition) is 4. The Morgan fingerprint density at radius 1 is 0.973 bits per heavy atom. The van der Waals surface area contributed by atoms with Gasteiger partial charge in [-0.1, -0.05) is 48.5 Å². The van der Waals surface area contributed by atoms with Crippen LogP contribution in [0.15, 0.2) is 84.9 Å². The molecule has 7 nitrogen and oxygen atoms in total. The van der Waals surface area contributed by atoms with Crippen molar-refractivity contribution >= 4 is 17.5 Å². The van der Waals surface area contributed by atoms with Crippen molar-refractivity contribution in [3.8, 4) is 11.6 Å². The van der Waals surface area contributed by atoms with Crippen LogP contribution in [-0.4, -0.2) is 41.5 Å². The summed E-state index contributed by atoms with van der Waals surface area (Å²) >= 11 is 0. The normalized spacial score (nSPS) is 17.0. The molecule has 1 fully saturated rings. The molecule has 37 heavy (non-hydrogen) atoms. The lowest BCUT2D eigenvalue weighted by Gasteiger charge is -2.20. The van der Waals surface area contributed by atoms with Gasteiger partial charge in [-0.15, -0.1) is 5.10 Å². The van der Waals surface area contributed by atoms with E-state index in [0.29, 0.717) is 31.4 Å². The molecule has 8 heteroatoms. The number of carbonyl (C=O) groups is 1. The summed E-state index contributed by atoms with van der Waals surface area (Å²) in [6.45, 7) is 5.55. The number of ether oxygens (including phenoxy) is 1. The fourth-order valence-corrected chi connectivity index (χ4v) is 4.82. The Labute approximate surface area is 215 Å². The molecule has 0 unspecified atom stereocenters. The second-order valence-corrected chi connectivity index (χ2v) is 9.06. The zero-order valence-corrected chi connectivity index (χ0v) is 20.9. The van der Waals surface area contributed by atoms with E-state index in [1.54, 1.807) is 16.8 Å². The number of anilines is 2. The molecule has 2 heterocycles. The van der Waals surface area contributed by atoms with Crippen LogP contribution in [0.5, 0.6) is 5.88 Å². The van der Waals surface area contributed by atoms with Crippen LogP contribution in [0.2, 0.25) is 0 Å². The first kappa shape index (κ1) is 24.4. The third-order valence-electron chi connectivity index (χ3n) is 6.65. The Morgan fingerprint density at radius 2 is 1.65 bits per heavy atom. The zero-order chi connectivity index (χ0) is 25.8. The van der Waals surface area contributed by atoms with Gasteiger partial charge in [-0.2, -0.15) is 0 Å². The maximum Gasteiger partial charge on any atom is 0.320 e. The number of amides is 2. The topological polar surface area (TPSA) is 71.4 Å². The Hall–Kier alpha value is -4.33. The maximum atomic E-state index is 13.5. The van der Waals surface area contributed by atoms with Crippen molar-refractivity contribution in [3.05, 3.63) is 102 Å². The molecule has 1 aliphatic rings. The quantitative estimate of drug-likeness (QED) is 0.352. The maximum absolute atomic E-state index is 13.5. The van der Waals surface area contributed by atoms with Gasteiger partial charge in [-0.05, 0) is 55.8 Å². The molecule has 4 aromatic rings. The number of benzene rings is 3. The number of hydrogen-bond donors (Lipinski definition) is 2. The molecule has 190 valence electrons. The number of nitrogens with zero attached hydrogens (tertiary/aromatic N) is 3. The number of urea groups is 1. The number of para-hydroxylation sites is 1. The van der Waals surface area contributed by atoms with E-state index < -0.39 is 0 Å². The summed E-state index contributed by atoms with van der Waals surface area (Å²) < 4.78 is 20.9. The number of nitrogens with one attached hydrogen (secondary N) is 2. The molecular weight excluding hydrogens is 469 g/mol. The lowest BCUT2D eigenvalue weighted by molar-refractivity contribution is 0.248. The Bertz CT molecular complexity index is 1340. The van der Waals surface area contributed by atoms with E-state index in [4.69, 9.17) is 4.74 Å². The van der Waals surface area contributed by atoms with E-state index in [9.17, 15) is 9.18 Å². The Balaban J connectivity index is 1.39. The zero-order valence-electron chi connectivity index (χ0n) is 20.9. The van der Waals surface area contributed by atoms with Crippen molar-refractivity contribution in [2.75, 3.05) is 29.9 Å². The predicted molar refractivity (Wildman–Crippen MR) is 143 cm³/mol. The van der Waals surface area contributed by atoms with Crippen LogP contribution in [0, 0.1) is 12.7 Å². The third kappa shape index (κ3) is 5.28. The van der Waals surface area contributed by atoms with E-state index in [2.05, 4.69) is 32.8 Å². The molecule has 0 aliphatic carbocycles. The van der Waals surface area contributed by atoms with E-state index >= 15 is 0 Å². The van der Waals surface area contributed by atoms with Gasteiger partial charge >= 0.3 is 6.03 Å². The molecule has 2 amide bonds. The Kier molecular flexibility index (Phi) is 7.07. The lowest BCUT2D eigenvalue weighted by Crippen LogP contribution is -2.42. The molecule has 0 radical (unpaired) electrons. The van der Waals surface area contributed by atoms with Crippen LogP contribution in [0.25, 0.3) is 5.69 Å². The molecule has 0 saturated carbocycles. The van der Waals surface area contributed by atoms with Crippen LogP contribution in [0.3, 0.4) is 0 Å². The van der Waals surface area contributed by atoms with Crippen LogP contribution >= 0.6 is 0 Å². The van der Waals surface area contributed by atoms with Crippen LogP contribution in [-0.2, 0) is 0 Å². The number of carbonyl (C=O) groups excluding carboxylic acids is 1. The molecule has 1 saturated heterocycles. The first-order valence-electron chi connectivity index (χ1n) is 12.4. The summed E-state index contributed by atoms with van der Waals surface area (Å²) in [7, 11) is 0. The van der Waals surface area contributed by atoms with Crippen molar-refractivity contribution in [1.29, 1.82) is 0 Å². The number of halogens is 1. The largest absolute Gasteiger partial charge is 0.477 e. The highest BCUT2D eigenvalue weighted by atomic mass is 19.1. The lowest BCUT2D eigenvalue weighted by atomic mass is 9.94. The number of rotatable bonds is 7. The molecule has 2 atom stereocenters. The van der Waals surface area contributed by atoms with Gasteiger partial charge in [-0.3, -0.25) is 5.32 Å². The molecule has 5 rings (SSSR count). The van der Waals surface area contributed by atoms with Gasteiger partial charge in [0.05, 0.1) is 23.9 Å². The van der Waals surface area contributed by atoms with Crippen molar-refractivity contribution in [2.24, 2.45) is 0 Å². The van der Waals surface area contributed by atoms with Gasteiger partial charge < -0.3 is 15.0 Å². The van der Waals surface area contributed by atoms with Crippen molar-refractivity contribution in [1.82, 2.24) is 15.1 Å². The smallest absolute Gasteiger partial charge is 0.320 e. The van der Waals surface area contributed by atoms with Gasteiger partial charge in [0.15, 0.2) is 0 Å². The van der Waals surface area contributed by atoms with Gasteiger partial charge in [-0.25, -0.2) is 13.9 Å². The van der Waals surface area contributed by atoms with Crippen LogP contribution in [0.1, 0.15) is 24.0 Å². The highest BCUT2D eigenvalue weighted by Crippen LogP contribution is 2.32. The van der Waals surface area contributed by atoms with Gasteiger partial charge in [0.25, 0.3) is 0 Å². The minimum atomic E-state index is -0.324. The SMILES string of the molecule is CCOc1nn(-c2ccccc2)c(NC(=O)N[C@@H]2CN(c3ccc(F)cc3)C[C@H]2c2ccccc2)c1C. The average Bonchev–Trinajstić information content (AvgIpc) is 3.47. The highest BCUT2D eigenvalue weighted by molar-refractivity contribution is 5.90. The summed E-state index contributed by atoms with van der Waals surface area (Å²) in [6.07, 6.45) is 0. The van der Waals surface area contributed by atoms with Crippen LogP contribution in [0.4, 0.5) is 20.7 Å². The van der Waals surface area contributed by atoms with E-state index in [1.165, 1.54) is 12.1 Å². The summed E-state index contributed by atoms with van der Waals surface area (Å²) in [5, 5.41) is 10.8. The summed E-state index contributed by atoms with van der Waals surface area (Å²) in [5.41, 5.74) is 3.63. The number of aromatic nitrogens is 2. The molecule has 0 spiro atoms. The van der Waals surface area contributed by atoms with Gasteiger partial charge in [0.2, 0.25) is 5.88 Å². The minimum Gasteiger partial charge on any atom is -0.477 e. The van der Waals surface area contributed by atoms with E-state index in [1.807, 2.05) is 62.4 Å². The summed E-state index contributed by atoms with van der Waals surface area (Å²) in [6, 6.07) is 25.8. The van der Waals surface area contributed by atoms with Gasteiger partial charge in [0, 0.05) is 24.7 Å². The minimum absolute atomic E-state index is 0.0659. The second kappa shape index (κ2) is 10.7. The van der Waals surface area contributed by atoms with E-state index in [-0.39, 0.29) is 23.8 Å². The first-order valence-corrected chi connectivity index (χ1v) is 12.4. The third-order valence-corrected chi connectivity index (χ3v) is 6.65. The fraction of sp³-hybridized carbons (Fsp3) is 0.241. The molecule has 3 aromatic carbocycles. The second-order valence-electron chi connectivity index (χ2n) is 9.06. The van der Waals surface area contributed by atoms with E-state index in [0.717, 1.165) is 22.5 Å². The van der Waals surface area contributed by atoms with Gasteiger partial charge in [0.1, 0.15) is 11.6 Å². The highest BCUT2D eigenvalue weighted by Gasteiger charge is 2.35. The monoisotopic (exact) mass is 499 g/mol. The summed E-state index contributed by atoms with van der Waals surface area (Å²) in [5.74, 6) is 0.827. The van der Waals surface area contributed by atoms with Crippen molar-refractivity contribution in [3.63, 3.8) is 0 Å². The standard InChI is InChI=1S/C29H30FN5O2/c1-3-37-28-20(2)27(35(33-28)24-12-8-5-9-13-24)32-29(36)31-26-19-34(23-16-14-22(30)15-17-23)18-25(26)21-10-6-4-7-11-21/h4-17,25-26H,3,18-19H2,1-2H3,(H2,31,32,36)/t25-,26+/m0/s1. The van der Waals surface area contributed by atoms with Crippen LogP contribution < -0.4 is 20.3 Å².